The molecule has 1 heterocycles. The Morgan fingerprint density at radius 3 is 2.87 bits per heavy atom. The molecule has 0 saturated carbocycles. The number of unbranched alkanes of at least 4 members (excludes halogenated alkanes) is 1. The van der Waals surface area contributed by atoms with Gasteiger partial charge >= 0.3 is 0 Å². The molecule has 1 saturated heterocycles. The van der Waals surface area contributed by atoms with Crippen molar-refractivity contribution in [1.82, 2.24) is 5.32 Å². The highest BCUT2D eigenvalue weighted by molar-refractivity contribution is 8.00. The van der Waals surface area contributed by atoms with Crippen LogP contribution in [-0.2, 0) is 4.79 Å². The number of hydrogen-bond acceptors (Lipinski definition) is 2. The standard InChI is InChI=1S/C12H23NOS/c1-10(2)6-3-4-8-13-12(14)11-7-5-9-15-11/h10-11H,3-9H2,1-2H3,(H,13,14). The zero-order valence-electron chi connectivity index (χ0n) is 9.92. The maximum Gasteiger partial charge on any atom is 0.233 e. The van der Waals surface area contributed by atoms with Gasteiger partial charge in [-0.25, -0.2) is 0 Å². The van der Waals surface area contributed by atoms with E-state index < -0.39 is 0 Å². The van der Waals surface area contributed by atoms with E-state index in [2.05, 4.69) is 19.2 Å². The molecule has 1 unspecified atom stereocenters. The minimum Gasteiger partial charge on any atom is -0.355 e. The summed E-state index contributed by atoms with van der Waals surface area (Å²) in [4.78, 5) is 11.6. The Morgan fingerprint density at radius 1 is 1.47 bits per heavy atom. The summed E-state index contributed by atoms with van der Waals surface area (Å²) in [5.74, 6) is 2.21. The first kappa shape index (κ1) is 12.9. The molecule has 0 spiro atoms. The predicted molar refractivity (Wildman–Crippen MR) is 67.2 cm³/mol. The Kier molecular flexibility index (Phi) is 6.15. The van der Waals surface area contributed by atoms with Crippen molar-refractivity contribution in [3.05, 3.63) is 0 Å². The lowest BCUT2D eigenvalue weighted by Gasteiger charge is -2.10. The summed E-state index contributed by atoms with van der Waals surface area (Å²) >= 11 is 1.81. The molecule has 1 fully saturated rings. The number of nitrogens with one attached hydrogen (secondary N) is 1. The number of carbonyl (C=O) groups excluding carboxylic acids is 1. The lowest BCUT2D eigenvalue weighted by atomic mass is 10.1. The number of amides is 1. The fraction of sp³-hybridized carbons (Fsp3) is 0.917. The van der Waals surface area contributed by atoms with Crippen LogP contribution >= 0.6 is 11.8 Å². The number of carbonyl (C=O) groups is 1. The Hall–Kier alpha value is -0.180. The van der Waals surface area contributed by atoms with Crippen LogP contribution in [0.3, 0.4) is 0 Å². The van der Waals surface area contributed by atoms with Crippen LogP contribution in [-0.4, -0.2) is 23.5 Å². The van der Waals surface area contributed by atoms with Crippen molar-refractivity contribution in [1.29, 1.82) is 0 Å². The van der Waals surface area contributed by atoms with Crippen molar-refractivity contribution in [3.8, 4) is 0 Å². The lowest BCUT2D eigenvalue weighted by molar-refractivity contribution is -0.120. The van der Waals surface area contributed by atoms with Gasteiger partial charge in [-0.05, 0) is 30.9 Å². The highest BCUT2D eigenvalue weighted by atomic mass is 32.2. The third-order valence-corrected chi connectivity index (χ3v) is 4.11. The highest BCUT2D eigenvalue weighted by Crippen LogP contribution is 2.25. The molecule has 15 heavy (non-hydrogen) atoms. The smallest absolute Gasteiger partial charge is 0.233 e. The molecule has 1 aliphatic heterocycles. The maximum absolute atomic E-state index is 11.6. The van der Waals surface area contributed by atoms with Gasteiger partial charge in [0.25, 0.3) is 0 Å². The van der Waals surface area contributed by atoms with Crippen molar-refractivity contribution in [2.75, 3.05) is 12.3 Å². The van der Waals surface area contributed by atoms with Gasteiger partial charge in [0.05, 0.1) is 5.25 Å². The third-order valence-electron chi connectivity index (χ3n) is 2.73. The second-order valence-corrected chi connectivity index (χ2v) is 5.99. The first-order valence-corrected chi connectivity index (χ1v) is 7.14. The van der Waals surface area contributed by atoms with E-state index in [1.165, 1.54) is 19.3 Å². The van der Waals surface area contributed by atoms with E-state index in [0.717, 1.165) is 31.1 Å². The van der Waals surface area contributed by atoms with Crippen molar-refractivity contribution in [2.45, 2.75) is 51.2 Å². The zero-order chi connectivity index (χ0) is 11.1. The van der Waals surface area contributed by atoms with Gasteiger partial charge in [-0.2, -0.15) is 0 Å². The van der Waals surface area contributed by atoms with E-state index in [-0.39, 0.29) is 11.2 Å². The summed E-state index contributed by atoms with van der Waals surface area (Å²) in [5, 5.41) is 3.28. The molecule has 0 aromatic heterocycles. The minimum atomic E-state index is 0.245. The van der Waals surface area contributed by atoms with Gasteiger partial charge in [0.15, 0.2) is 0 Å². The second kappa shape index (κ2) is 7.15. The third kappa shape index (κ3) is 5.45. The van der Waals surface area contributed by atoms with E-state index >= 15 is 0 Å². The monoisotopic (exact) mass is 229 g/mol. The average molecular weight is 229 g/mol. The minimum absolute atomic E-state index is 0.245. The van der Waals surface area contributed by atoms with Gasteiger partial charge in [-0.15, -0.1) is 11.8 Å². The zero-order valence-corrected chi connectivity index (χ0v) is 10.7. The van der Waals surface area contributed by atoms with Crippen LogP contribution in [0, 0.1) is 5.92 Å². The van der Waals surface area contributed by atoms with E-state index in [1.807, 2.05) is 11.8 Å². The summed E-state index contributed by atoms with van der Waals surface area (Å²) in [6.45, 7) is 5.35. The number of rotatable bonds is 6. The summed E-state index contributed by atoms with van der Waals surface area (Å²) in [5.41, 5.74) is 0. The first-order valence-electron chi connectivity index (χ1n) is 6.09. The highest BCUT2D eigenvalue weighted by Gasteiger charge is 2.22. The van der Waals surface area contributed by atoms with E-state index in [1.54, 1.807) is 0 Å². The van der Waals surface area contributed by atoms with Gasteiger partial charge in [0.2, 0.25) is 5.91 Å². The molecule has 88 valence electrons. The molecule has 0 bridgehead atoms. The first-order chi connectivity index (χ1) is 7.20. The fourth-order valence-corrected chi connectivity index (χ4v) is 2.97. The van der Waals surface area contributed by atoms with Crippen molar-refractivity contribution in [2.24, 2.45) is 5.92 Å². The van der Waals surface area contributed by atoms with Gasteiger partial charge in [0, 0.05) is 6.54 Å². The Bertz CT molecular complexity index is 188. The Balaban J connectivity index is 1.97. The van der Waals surface area contributed by atoms with Crippen molar-refractivity contribution in [3.63, 3.8) is 0 Å². The van der Waals surface area contributed by atoms with Crippen LogP contribution in [0.4, 0.5) is 0 Å². The fourth-order valence-electron chi connectivity index (χ4n) is 1.79. The predicted octanol–water partition coefficient (Wildman–Crippen LogP) is 2.82. The quantitative estimate of drug-likeness (QED) is 0.710. The summed E-state index contributed by atoms with van der Waals surface area (Å²) in [6.07, 6.45) is 5.91. The van der Waals surface area contributed by atoms with Crippen LogP contribution in [0.1, 0.15) is 46.0 Å². The summed E-state index contributed by atoms with van der Waals surface area (Å²) in [6, 6.07) is 0. The van der Waals surface area contributed by atoms with Gasteiger partial charge < -0.3 is 5.32 Å². The molecule has 0 radical (unpaired) electrons. The SMILES string of the molecule is CC(C)CCCCNC(=O)C1CCCS1. The molecule has 1 aliphatic rings. The molecule has 1 rings (SSSR count). The van der Waals surface area contributed by atoms with Crippen LogP contribution in [0.15, 0.2) is 0 Å². The Morgan fingerprint density at radius 2 is 2.27 bits per heavy atom. The van der Waals surface area contributed by atoms with E-state index in [4.69, 9.17) is 0 Å². The van der Waals surface area contributed by atoms with Gasteiger partial charge in [0.1, 0.15) is 0 Å². The van der Waals surface area contributed by atoms with Crippen LogP contribution in [0.2, 0.25) is 0 Å². The Labute approximate surface area is 97.6 Å². The molecule has 1 atom stereocenters. The molecule has 0 aromatic carbocycles. The second-order valence-electron chi connectivity index (χ2n) is 4.68. The van der Waals surface area contributed by atoms with E-state index in [9.17, 15) is 4.79 Å². The van der Waals surface area contributed by atoms with Gasteiger partial charge in [-0.3, -0.25) is 4.79 Å². The number of hydrogen-bond donors (Lipinski definition) is 1. The summed E-state index contributed by atoms with van der Waals surface area (Å²) < 4.78 is 0. The van der Waals surface area contributed by atoms with E-state index in [0.29, 0.717) is 0 Å². The van der Waals surface area contributed by atoms with Crippen molar-refractivity contribution >= 4 is 17.7 Å². The molecule has 3 heteroatoms. The number of thioether (sulfide) groups is 1. The lowest BCUT2D eigenvalue weighted by Crippen LogP contribution is -2.32. The molecule has 1 N–H and O–H groups in total. The largest absolute Gasteiger partial charge is 0.355 e. The molecule has 0 aromatic rings. The van der Waals surface area contributed by atoms with Crippen LogP contribution < -0.4 is 5.32 Å². The average Bonchev–Trinajstić information content (AvgIpc) is 2.69. The summed E-state index contributed by atoms with van der Waals surface area (Å²) in [7, 11) is 0. The maximum atomic E-state index is 11.6. The van der Waals surface area contributed by atoms with Crippen LogP contribution in [0.25, 0.3) is 0 Å². The molecular weight excluding hydrogens is 206 g/mol. The molecular formula is C12H23NOS. The van der Waals surface area contributed by atoms with Crippen molar-refractivity contribution < 1.29 is 4.79 Å². The molecule has 0 aliphatic carbocycles. The topological polar surface area (TPSA) is 29.1 Å². The normalized spacial score (nSPS) is 20.9. The molecule has 2 nitrogen and oxygen atoms in total. The van der Waals surface area contributed by atoms with Gasteiger partial charge in [-0.1, -0.05) is 26.7 Å². The van der Waals surface area contributed by atoms with Crippen LogP contribution in [0.5, 0.6) is 0 Å². The molecule has 1 amide bonds.